The summed E-state index contributed by atoms with van der Waals surface area (Å²) in [4.78, 5) is 12.8. The molecule has 0 unspecified atom stereocenters. The van der Waals surface area contributed by atoms with Gasteiger partial charge in [-0.15, -0.1) is 0 Å². The molecule has 0 atom stereocenters. The van der Waals surface area contributed by atoms with Crippen LogP contribution in [0.2, 0.25) is 5.02 Å². The van der Waals surface area contributed by atoms with E-state index in [-0.39, 0.29) is 11.7 Å². The molecule has 0 saturated heterocycles. The van der Waals surface area contributed by atoms with Crippen LogP contribution in [0.15, 0.2) is 59.0 Å². The average Bonchev–Trinajstić information content (AvgIpc) is 3.31. The molecule has 0 spiro atoms. The summed E-state index contributed by atoms with van der Waals surface area (Å²) in [6.07, 6.45) is 0.644. The first kappa shape index (κ1) is 20.9. The van der Waals surface area contributed by atoms with E-state index in [0.29, 0.717) is 17.3 Å². The van der Waals surface area contributed by atoms with Crippen molar-refractivity contribution in [2.75, 3.05) is 5.32 Å². The standard InChI is InChI=1S/C25H24ClN3O2/c1-15-10-16(2)22(17(3)11-15)14-21-8-9-23(31-21)25(30)27-24-12-18(4)28-29(24)20-7-5-6-19(26)13-20/h5-13H,14H2,1-4H3,(H,27,30). The number of anilines is 1. The zero-order valence-corrected chi connectivity index (χ0v) is 18.7. The van der Waals surface area contributed by atoms with E-state index >= 15 is 0 Å². The molecule has 1 N–H and O–H groups in total. The number of amides is 1. The van der Waals surface area contributed by atoms with Crippen LogP contribution in [0.5, 0.6) is 0 Å². The summed E-state index contributed by atoms with van der Waals surface area (Å²) in [6.45, 7) is 8.17. The monoisotopic (exact) mass is 433 g/mol. The van der Waals surface area contributed by atoms with Crippen molar-refractivity contribution in [3.05, 3.63) is 99.1 Å². The molecule has 31 heavy (non-hydrogen) atoms. The second-order valence-electron chi connectivity index (χ2n) is 7.84. The van der Waals surface area contributed by atoms with E-state index in [1.807, 2.05) is 31.2 Å². The van der Waals surface area contributed by atoms with Crippen molar-refractivity contribution in [2.45, 2.75) is 34.1 Å². The molecular weight excluding hydrogens is 410 g/mol. The highest BCUT2D eigenvalue weighted by Gasteiger charge is 2.17. The molecular formula is C25H24ClN3O2. The van der Waals surface area contributed by atoms with Crippen LogP contribution < -0.4 is 5.32 Å². The molecule has 0 aliphatic carbocycles. The highest BCUT2D eigenvalue weighted by atomic mass is 35.5. The lowest BCUT2D eigenvalue weighted by atomic mass is 9.97. The van der Waals surface area contributed by atoms with Gasteiger partial charge in [0.25, 0.3) is 5.91 Å². The Morgan fingerprint density at radius 1 is 1.03 bits per heavy atom. The Bertz CT molecular complexity index is 1250. The van der Waals surface area contributed by atoms with Crippen molar-refractivity contribution in [1.29, 1.82) is 0 Å². The number of aromatic nitrogens is 2. The zero-order valence-electron chi connectivity index (χ0n) is 18.0. The summed E-state index contributed by atoms with van der Waals surface area (Å²) in [5, 5.41) is 7.96. The number of furan rings is 1. The van der Waals surface area contributed by atoms with E-state index in [1.54, 1.807) is 22.9 Å². The van der Waals surface area contributed by atoms with E-state index in [4.69, 9.17) is 16.0 Å². The first-order valence-electron chi connectivity index (χ1n) is 10.1. The van der Waals surface area contributed by atoms with Crippen molar-refractivity contribution in [2.24, 2.45) is 0 Å². The van der Waals surface area contributed by atoms with Crippen LogP contribution in [-0.2, 0) is 6.42 Å². The first-order valence-corrected chi connectivity index (χ1v) is 10.5. The van der Waals surface area contributed by atoms with Gasteiger partial charge in [0.15, 0.2) is 5.76 Å². The van der Waals surface area contributed by atoms with Crippen LogP contribution in [-0.4, -0.2) is 15.7 Å². The number of hydrogen-bond acceptors (Lipinski definition) is 3. The van der Waals surface area contributed by atoms with Crippen LogP contribution >= 0.6 is 11.6 Å². The van der Waals surface area contributed by atoms with Gasteiger partial charge in [-0.25, -0.2) is 4.68 Å². The molecule has 6 heteroatoms. The molecule has 5 nitrogen and oxygen atoms in total. The van der Waals surface area contributed by atoms with Gasteiger partial charge in [0.2, 0.25) is 0 Å². The molecule has 0 bridgehead atoms. The Balaban J connectivity index is 1.55. The van der Waals surface area contributed by atoms with E-state index in [1.165, 1.54) is 22.3 Å². The minimum atomic E-state index is -0.327. The van der Waals surface area contributed by atoms with Crippen molar-refractivity contribution < 1.29 is 9.21 Å². The largest absolute Gasteiger partial charge is 0.456 e. The third-order valence-electron chi connectivity index (χ3n) is 5.20. The van der Waals surface area contributed by atoms with Crippen molar-refractivity contribution in [1.82, 2.24) is 9.78 Å². The number of aryl methyl sites for hydroxylation is 4. The van der Waals surface area contributed by atoms with Crippen molar-refractivity contribution in [3.63, 3.8) is 0 Å². The molecule has 0 radical (unpaired) electrons. The van der Waals surface area contributed by atoms with Crippen molar-refractivity contribution in [3.8, 4) is 5.69 Å². The molecule has 2 heterocycles. The van der Waals surface area contributed by atoms with Gasteiger partial charge in [-0.2, -0.15) is 5.10 Å². The number of nitrogens with zero attached hydrogens (tertiary/aromatic N) is 2. The number of carbonyl (C=O) groups is 1. The molecule has 0 fully saturated rings. The van der Waals surface area contributed by atoms with Gasteiger partial charge in [0.05, 0.1) is 11.4 Å². The number of halogens is 1. The third kappa shape index (κ3) is 4.57. The number of benzene rings is 2. The van der Waals surface area contributed by atoms with E-state index in [0.717, 1.165) is 17.1 Å². The van der Waals surface area contributed by atoms with E-state index < -0.39 is 0 Å². The van der Waals surface area contributed by atoms with Gasteiger partial charge in [-0.05, 0) is 74.7 Å². The summed E-state index contributed by atoms with van der Waals surface area (Å²) < 4.78 is 7.53. The van der Waals surface area contributed by atoms with E-state index in [2.05, 4.69) is 43.3 Å². The molecule has 0 saturated carbocycles. The van der Waals surface area contributed by atoms with Gasteiger partial charge in [0.1, 0.15) is 11.6 Å². The summed E-state index contributed by atoms with van der Waals surface area (Å²) in [7, 11) is 0. The maximum absolute atomic E-state index is 12.8. The van der Waals surface area contributed by atoms with Crippen LogP contribution in [0.25, 0.3) is 5.69 Å². The summed E-state index contributed by atoms with van der Waals surface area (Å²) in [5.74, 6) is 1.23. The van der Waals surface area contributed by atoms with Crippen LogP contribution in [0, 0.1) is 27.7 Å². The number of nitrogens with one attached hydrogen (secondary N) is 1. The normalized spacial score (nSPS) is 11.0. The summed E-state index contributed by atoms with van der Waals surface area (Å²) >= 11 is 6.11. The topological polar surface area (TPSA) is 60.1 Å². The minimum absolute atomic E-state index is 0.258. The molecule has 2 aromatic heterocycles. The molecule has 1 amide bonds. The Hall–Kier alpha value is -3.31. The smallest absolute Gasteiger partial charge is 0.292 e. The zero-order chi connectivity index (χ0) is 22.1. The fraction of sp³-hybridized carbons (Fsp3) is 0.200. The maximum Gasteiger partial charge on any atom is 0.292 e. The third-order valence-corrected chi connectivity index (χ3v) is 5.44. The predicted molar refractivity (Wildman–Crippen MR) is 123 cm³/mol. The predicted octanol–water partition coefficient (Wildman–Crippen LogP) is 6.20. The van der Waals surface area contributed by atoms with E-state index in [9.17, 15) is 4.79 Å². The molecule has 0 aliphatic rings. The molecule has 2 aromatic carbocycles. The lowest BCUT2D eigenvalue weighted by Crippen LogP contribution is -2.14. The van der Waals surface area contributed by atoms with Crippen LogP contribution in [0.1, 0.15) is 44.3 Å². The quantitative estimate of drug-likeness (QED) is 0.408. The molecule has 158 valence electrons. The molecule has 0 aliphatic heterocycles. The molecule has 4 rings (SSSR count). The summed E-state index contributed by atoms with van der Waals surface area (Å²) in [5.41, 5.74) is 6.45. The van der Waals surface area contributed by atoms with Gasteiger partial charge < -0.3 is 9.73 Å². The fourth-order valence-corrected chi connectivity index (χ4v) is 4.01. The SMILES string of the molecule is Cc1cc(C)c(Cc2ccc(C(=O)Nc3cc(C)nn3-c3cccc(Cl)c3)o2)c(C)c1. The lowest BCUT2D eigenvalue weighted by molar-refractivity contribution is 0.0994. The van der Waals surface area contributed by atoms with Crippen LogP contribution in [0.4, 0.5) is 5.82 Å². The van der Waals surface area contributed by atoms with Crippen LogP contribution in [0.3, 0.4) is 0 Å². The van der Waals surface area contributed by atoms with Crippen molar-refractivity contribution >= 4 is 23.3 Å². The number of rotatable bonds is 5. The minimum Gasteiger partial charge on any atom is -0.456 e. The lowest BCUT2D eigenvalue weighted by Gasteiger charge is -2.10. The Morgan fingerprint density at radius 3 is 2.48 bits per heavy atom. The van der Waals surface area contributed by atoms with Gasteiger partial charge in [0, 0.05) is 17.5 Å². The Kier molecular flexibility index (Phi) is 5.70. The second kappa shape index (κ2) is 8.44. The highest BCUT2D eigenvalue weighted by Crippen LogP contribution is 2.23. The average molecular weight is 434 g/mol. The first-order chi connectivity index (χ1) is 14.8. The van der Waals surface area contributed by atoms with Gasteiger partial charge >= 0.3 is 0 Å². The second-order valence-corrected chi connectivity index (χ2v) is 8.27. The van der Waals surface area contributed by atoms with Gasteiger partial charge in [-0.1, -0.05) is 35.4 Å². The number of carbonyl (C=O) groups excluding carboxylic acids is 1. The number of hydrogen-bond donors (Lipinski definition) is 1. The summed E-state index contributed by atoms with van der Waals surface area (Å²) in [6, 6.07) is 17.0. The Labute approximate surface area is 186 Å². The fourth-order valence-electron chi connectivity index (χ4n) is 3.83. The maximum atomic E-state index is 12.8. The Morgan fingerprint density at radius 2 is 1.77 bits per heavy atom. The van der Waals surface area contributed by atoms with Gasteiger partial charge in [-0.3, -0.25) is 4.79 Å². The highest BCUT2D eigenvalue weighted by molar-refractivity contribution is 6.30. The molecule has 4 aromatic rings.